The number of fused-ring (bicyclic) bond motifs is 5. The van der Waals surface area contributed by atoms with Gasteiger partial charge in [0.2, 0.25) is 11.1 Å². The number of rotatable bonds is 1. The maximum atomic E-state index is 10.9. The van der Waals surface area contributed by atoms with E-state index in [-0.39, 0.29) is 10.6 Å². The molecular weight excluding hydrogens is 356 g/mol. The highest BCUT2D eigenvalue weighted by molar-refractivity contribution is 5.82. The lowest BCUT2D eigenvalue weighted by atomic mass is 10.2. The second-order valence-corrected chi connectivity index (χ2v) is 5.71. The summed E-state index contributed by atoms with van der Waals surface area (Å²) in [6.07, 6.45) is 0. The minimum atomic E-state index is -4.94. The Morgan fingerprint density at radius 2 is 1.60 bits per heavy atom. The van der Waals surface area contributed by atoms with E-state index < -0.39 is 10.2 Å². The number of hydrogen-bond donors (Lipinski definition) is 0. The van der Waals surface area contributed by atoms with E-state index in [1.807, 2.05) is 40.8 Å². The summed E-state index contributed by atoms with van der Waals surface area (Å²) in [7, 11) is -4.94. The van der Waals surface area contributed by atoms with Crippen LogP contribution in [0.4, 0.5) is 5.69 Å². The van der Waals surface area contributed by atoms with Crippen molar-refractivity contribution in [2.75, 3.05) is 0 Å². The van der Waals surface area contributed by atoms with E-state index in [1.165, 1.54) is 6.07 Å². The highest BCUT2D eigenvalue weighted by atomic mass is 35.7. The Morgan fingerprint density at radius 3 is 2.28 bits per heavy atom. The molecule has 10 heteroatoms. The summed E-state index contributed by atoms with van der Waals surface area (Å²) in [5, 5.41) is 11.7. The third-order valence-corrected chi connectivity index (χ3v) is 3.41. The molecule has 2 aromatic heterocycles. The smallest absolute Gasteiger partial charge is 0.380 e. The van der Waals surface area contributed by atoms with Crippen molar-refractivity contribution in [2.45, 2.75) is 0 Å². The maximum absolute atomic E-state index is 10.9. The number of nitro benzene ring substituents is 1. The van der Waals surface area contributed by atoms with Gasteiger partial charge in [0.1, 0.15) is 0 Å². The van der Waals surface area contributed by atoms with Crippen molar-refractivity contribution in [3.63, 3.8) is 0 Å². The molecule has 2 aromatic carbocycles. The number of benzene rings is 2. The summed E-state index contributed by atoms with van der Waals surface area (Å²) >= 11 is 0. The molecule has 9 nitrogen and oxygen atoms in total. The Kier molecular flexibility index (Phi) is 4.25. The average molecular weight is 365 g/mol. The van der Waals surface area contributed by atoms with Crippen LogP contribution in [0.1, 0.15) is 0 Å². The summed E-state index contributed by atoms with van der Waals surface area (Å²) in [5.74, 6) is 0. The van der Waals surface area contributed by atoms with Crippen LogP contribution in [-0.4, -0.2) is 4.92 Å². The van der Waals surface area contributed by atoms with Crippen molar-refractivity contribution in [1.29, 1.82) is 0 Å². The van der Waals surface area contributed by atoms with Crippen LogP contribution >= 0.6 is 0 Å². The summed E-state index contributed by atoms with van der Waals surface area (Å²) < 4.78 is 41.7. The standard InChI is InChI=1S/C15H9N2O3.ClHO4/c18-17(19)11-6-7-12-10(9-11)5-8-15-16(12)13-3-1-2-4-14(13)20-15;2-1(3,4)5/h1-9H;(H,2,3,4,5)/q+1;/p-1. The zero-order valence-electron chi connectivity index (χ0n) is 12.3. The third-order valence-electron chi connectivity index (χ3n) is 3.41. The van der Waals surface area contributed by atoms with Crippen LogP contribution in [0.3, 0.4) is 0 Å². The molecule has 4 aromatic rings. The molecule has 0 aliphatic heterocycles. The van der Waals surface area contributed by atoms with Crippen LogP contribution in [0.25, 0.3) is 27.7 Å². The molecule has 0 N–H and O–H groups in total. The minimum absolute atomic E-state index is 0.0882. The number of oxazole rings is 1. The number of para-hydroxylation sites is 2. The lowest BCUT2D eigenvalue weighted by molar-refractivity contribution is -2.00. The minimum Gasteiger partial charge on any atom is -0.398 e. The number of aromatic nitrogens is 1. The van der Waals surface area contributed by atoms with Crippen molar-refractivity contribution < 1.29 is 42.6 Å². The SMILES string of the molecule is O=[N+]([O-])c1ccc2c(ccc3oc4ccccc4[n+]32)c1.[O-][Cl+3]([O-])([O-])[O-]. The van der Waals surface area contributed by atoms with Gasteiger partial charge in [0.15, 0.2) is 0 Å². The topological polar surface area (TPSA) is 153 Å². The van der Waals surface area contributed by atoms with E-state index in [2.05, 4.69) is 0 Å². The molecule has 0 saturated heterocycles. The summed E-state index contributed by atoms with van der Waals surface area (Å²) in [4.78, 5) is 10.5. The summed E-state index contributed by atoms with van der Waals surface area (Å²) in [6, 6.07) is 16.2. The summed E-state index contributed by atoms with van der Waals surface area (Å²) in [6.45, 7) is 0. The molecule has 128 valence electrons. The van der Waals surface area contributed by atoms with Gasteiger partial charge < -0.3 is 4.42 Å². The monoisotopic (exact) mass is 364 g/mol. The number of hydrogen-bond acceptors (Lipinski definition) is 7. The highest BCUT2D eigenvalue weighted by Gasteiger charge is 2.19. The predicted molar refractivity (Wildman–Crippen MR) is 73.5 cm³/mol. The van der Waals surface area contributed by atoms with Crippen molar-refractivity contribution in [1.82, 2.24) is 0 Å². The molecule has 25 heavy (non-hydrogen) atoms. The van der Waals surface area contributed by atoms with Gasteiger partial charge in [0.05, 0.1) is 16.4 Å². The van der Waals surface area contributed by atoms with Crippen molar-refractivity contribution in [3.8, 4) is 0 Å². The average Bonchev–Trinajstić information content (AvgIpc) is 2.91. The molecule has 0 fully saturated rings. The van der Waals surface area contributed by atoms with Gasteiger partial charge in [-0.25, -0.2) is 18.6 Å². The molecule has 4 rings (SSSR count). The van der Waals surface area contributed by atoms with Crippen LogP contribution in [0.2, 0.25) is 0 Å². The molecule has 2 heterocycles. The van der Waals surface area contributed by atoms with E-state index >= 15 is 0 Å². The Hall–Kier alpha value is -2.82. The van der Waals surface area contributed by atoms with Gasteiger partial charge in [-0.05, 0) is 12.1 Å². The Morgan fingerprint density at radius 1 is 0.920 bits per heavy atom. The number of non-ortho nitro benzene ring substituents is 1. The van der Waals surface area contributed by atoms with Crippen LogP contribution in [0.15, 0.2) is 59.0 Å². The molecule has 0 spiro atoms. The maximum Gasteiger partial charge on any atom is 0.380 e. The second kappa shape index (κ2) is 6.24. The van der Waals surface area contributed by atoms with Crippen LogP contribution < -0.4 is 23.0 Å². The Balaban J connectivity index is 0.000000324. The lowest BCUT2D eigenvalue weighted by Gasteiger charge is -2.17. The van der Waals surface area contributed by atoms with Crippen LogP contribution in [-0.2, 0) is 0 Å². The first kappa shape index (κ1) is 17.0. The van der Waals surface area contributed by atoms with E-state index in [1.54, 1.807) is 12.1 Å². The molecular formula is C15H9ClN2O7. The molecule has 0 radical (unpaired) electrons. The summed E-state index contributed by atoms with van der Waals surface area (Å²) in [5.41, 5.74) is 3.43. The van der Waals surface area contributed by atoms with Gasteiger partial charge in [-0.15, -0.1) is 14.6 Å². The fraction of sp³-hybridized carbons (Fsp3) is 0. The fourth-order valence-electron chi connectivity index (χ4n) is 2.52. The van der Waals surface area contributed by atoms with Crippen molar-refractivity contribution >= 4 is 33.4 Å². The van der Waals surface area contributed by atoms with Gasteiger partial charge in [-0.2, -0.15) is 0 Å². The van der Waals surface area contributed by atoms with Gasteiger partial charge in [0.25, 0.3) is 11.2 Å². The van der Waals surface area contributed by atoms with Gasteiger partial charge in [-0.3, -0.25) is 10.1 Å². The molecule has 0 unspecified atom stereocenters. The first-order valence-electron chi connectivity index (χ1n) is 6.76. The second-order valence-electron chi connectivity index (χ2n) is 4.95. The Labute approximate surface area is 141 Å². The van der Waals surface area contributed by atoms with Gasteiger partial charge in [0, 0.05) is 24.3 Å². The number of pyridine rings is 1. The van der Waals surface area contributed by atoms with E-state index in [9.17, 15) is 10.1 Å². The third kappa shape index (κ3) is 3.65. The molecule has 0 saturated carbocycles. The zero-order chi connectivity index (χ0) is 18.2. The molecule has 0 atom stereocenters. The number of nitrogens with zero attached hydrogens (tertiary/aromatic N) is 2. The normalized spacial score (nSPS) is 11.5. The van der Waals surface area contributed by atoms with E-state index in [0.29, 0.717) is 5.71 Å². The molecule has 0 amide bonds. The fourth-order valence-corrected chi connectivity index (χ4v) is 2.52. The number of nitro groups is 1. The first-order chi connectivity index (χ1) is 11.7. The number of halogens is 1. The lowest BCUT2D eigenvalue weighted by Crippen LogP contribution is -2.68. The van der Waals surface area contributed by atoms with E-state index in [0.717, 1.165) is 22.0 Å². The highest BCUT2D eigenvalue weighted by Crippen LogP contribution is 2.22. The molecule has 0 aliphatic rings. The largest absolute Gasteiger partial charge is 0.398 e. The quantitative estimate of drug-likeness (QED) is 0.226. The molecule has 0 bridgehead atoms. The van der Waals surface area contributed by atoms with Crippen molar-refractivity contribution in [3.05, 3.63) is 64.7 Å². The molecule has 0 aliphatic carbocycles. The zero-order valence-corrected chi connectivity index (χ0v) is 13.1. The van der Waals surface area contributed by atoms with Crippen molar-refractivity contribution in [2.24, 2.45) is 0 Å². The van der Waals surface area contributed by atoms with E-state index in [4.69, 9.17) is 23.1 Å². The first-order valence-corrected chi connectivity index (χ1v) is 8.00. The van der Waals surface area contributed by atoms with Crippen LogP contribution in [0.5, 0.6) is 0 Å². The Bertz CT molecular complexity index is 1080. The van der Waals surface area contributed by atoms with Gasteiger partial charge >= 0.3 is 5.71 Å². The van der Waals surface area contributed by atoms with Crippen LogP contribution in [0, 0.1) is 20.4 Å². The van der Waals surface area contributed by atoms with Gasteiger partial charge in [-0.1, -0.05) is 12.1 Å². The predicted octanol–water partition coefficient (Wildman–Crippen LogP) is -1.52.